The van der Waals surface area contributed by atoms with Crippen molar-refractivity contribution in [2.24, 2.45) is 4.99 Å². The molecule has 0 aliphatic carbocycles. The van der Waals surface area contributed by atoms with Crippen LogP contribution in [-0.2, 0) is 6.54 Å². The van der Waals surface area contributed by atoms with Crippen LogP contribution in [0.15, 0.2) is 29.3 Å². The lowest BCUT2D eigenvalue weighted by Gasteiger charge is -2.39. The van der Waals surface area contributed by atoms with Crippen molar-refractivity contribution in [2.45, 2.75) is 25.1 Å². The lowest BCUT2D eigenvalue weighted by Crippen LogP contribution is -2.50. The van der Waals surface area contributed by atoms with Gasteiger partial charge in [-0.05, 0) is 19.9 Å². The number of benzene rings is 1. The Hall–Kier alpha value is -0.500. The molecule has 1 aliphatic heterocycles. The van der Waals surface area contributed by atoms with Gasteiger partial charge in [-0.3, -0.25) is 4.99 Å². The molecule has 0 radical (unpaired) electrons. The van der Waals surface area contributed by atoms with Crippen LogP contribution in [0.1, 0.15) is 19.4 Å². The molecule has 1 aromatic rings. The molecule has 0 unspecified atom stereocenters. The summed E-state index contributed by atoms with van der Waals surface area (Å²) in [6.45, 7) is 6.88. The maximum Gasteiger partial charge on any atom is 0.193 e. The highest BCUT2D eigenvalue weighted by molar-refractivity contribution is 14.0. The van der Waals surface area contributed by atoms with E-state index in [1.54, 1.807) is 19.2 Å². The van der Waals surface area contributed by atoms with Gasteiger partial charge in [0.25, 0.3) is 0 Å². The largest absolute Gasteiger partial charge is 0.352 e. The summed E-state index contributed by atoms with van der Waals surface area (Å²) in [6.07, 6.45) is 0. The van der Waals surface area contributed by atoms with E-state index < -0.39 is 0 Å². The Labute approximate surface area is 147 Å². The Bertz CT molecular complexity index is 494. The van der Waals surface area contributed by atoms with Gasteiger partial charge in [0.05, 0.1) is 0 Å². The van der Waals surface area contributed by atoms with E-state index in [9.17, 15) is 4.39 Å². The molecule has 0 aromatic heterocycles. The fourth-order valence-corrected chi connectivity index (χ4v) is 3.46. The van der Waals surface area contributed by atoms with Crippen LogP contribution in [0.3, 0.4) is 0 Å². The van der Waals surface area contributed by atoms with E-state index >= 15 is 0 Å². The third-order valence-corrected chi connectivity index (χ3v) is 4.63. The summed E-state index contributed by atoms with van der Waals surface area (Å²) < 4.78 is 13.8. The molecule has 21 heavy (non-hydrogen) atoms. The maximum atomic E-state index is 13.6. The van der Waals surface area contributed by atoms with Crippen LogP contribution in [0.4, 0.5) is 4.39 Å². The molecule has 0 spiro atoms. The summed E-state index contributed by atoms with van der Waals surface area (Å²) in [5.41, 5.74) is 0.666. The van der Waals surface area contributed by atoms with Crippen molar-refractivity contribution in [2.75, 3.05) is 25.9 Å². The fraction of sp³-hybridized carbons (Fsp3) is 0.533. The average molecular weight is 423 g/mol. The van der Waals surface area contributed by atoms with Crippen molar-refractivity contribution in [1.29, 1.82) is 0 Å². The second-order valence-electron chi connectivity index (χ2n) is 5.52. The zero-order valence-electron chi connectivity index (χ0n) is 12.7. The molecule has 0 amide bonds. The van der Waals surface area contributed by atoms with Crippen LogP contribution in [0.2, 0.25) is 0 Å². The first-order valence-corrected chi connectivity index (χ1v) is 7.83. The quantitative estimate of drug-likeness (QED) is 0.449. The first-order valence-electron chi connectivity index (χ1n) is 6.85. The highest BCUT2D eigenvalue weighted by Crippen LogP contribution is 2.29. The highest BCUT2D eigenvalue weighted by Gasteiger charge is 2.28. The van der Waals surface area contributed by atoms with E-state index in [0.29, 0.717) is 12.1 Å². The molecule has 1 N–H and O–H groups in total. The summed E-state index contributed by atoms with van der Waals surface area (Å²) in [6, 6.07) is 6.84. The monoisotopic (exact) mass is 423 g/mol. The normalized spacial score (nSPS) is 18.1. The molecular weight excluding hydrogens is 400 g/mol. The molecule has 6 heteroatoms. The molecule has 118 valence electrons. The lowest BCUT2D eigenvalue weighted by atomic mass is 10.2. The molecule has 2 rings (SSSR count). The zero-order valence-corrected chi connectivity index (χ0v) is 15.9. The van der Waals surface area contributed by atoms with Gasteiger partial charge in [-0.25, -0.2) is 4.39 Å². The predicted octanol–water partition coefficient (Wildman–Crippen LogP) is 3.35. The summed E-state index contributed by atoms with van der Waals surface area (Å²) in [5.74, 6) is 1.76. The Balaban J connectivity index is 0.00000220. The number of guanidine groups is 1. The van der Waals surface area contributed by atoms with Crippen molar-refractivity contribution in [3.63, 3.8) is 0 Å². The molecule has 1 aromatic carbocycles. The second kappa shape index (κ2) is 8.22. The van der Waals surface area contributed by atoms with Crippen LogP contribution >= 0.6 is 35.7 Å². The third-order valence-electron chi connectivity index (χ3n) is 3.33. The minimum atomic E-state index is -0.176. The minimum Gasteiger partial charge on any atom is -0.352 e. The van der Waals surface area contributed by atoms with Crippen LogP contribution in [0.5, 0.6) is 0 Å². The molecule has 3 nitrogen and oxygen atoms in total. The van der Waals surface area contributed by atoms with E-state index in [2.05, 4.69) is 29.1 Å². The van der Waals surface area contributed by atoms with E-state index in [1.807, 2.05) is 17.8 Å². The number of hydrogen-bond acceptors (Lipinski definition) is 2. The molecule has 0 saturated carbocycles. The van der Waals surface area contributed by atoms with Crippen molar-refractivity contribution >= 4 is 41.7 Å². The minimum absolute atomic E-state index is 0. The van der Waals surface area contributed by atoms with Gasteiger partial charge in [0.1, 0.15) is 5.82 Å². The number of halogens is 2. The molecule has 1 heterocycles. The lowest BCUT2D eigenvalue weighted by molar-refractivity contribution is 0.375. The summed E-state index contributed by atoms with van der Waals surface area (Å²) in [7, 11) is 1.78. The van der Waals surface area contributed by atoms with Gasteiger partial charge in [-0.1, -0.05) is 18.2 Å². The standard InChI is InChI=1S/C15H22FN3S.HI/c1-15(2)11-19(8-9-20-15)14(17-3)18-10-12-6-4-5-7-13(12)16;/h4-7H,8-11H2,1-3H3,(H,17,18);1H. The molecule has 1 saturated heterocycles. The van der Waals surface area contributed by atoms with Gasteiger partial charge < -0.3 is 10.2 Å². The molecule has 0 bridgehead atoms. The second-order valence-corrected chi connectivity index (χ2v) is 7.32. The van der Waals surface area contributed by atoms with Gasteiger partial charge in [0, 0.05) is 42.7 Å². The first-order chi connectivity index (χ1) is 9.52. The van der Waals surface area contributed by atoms with Crippen molar-refractivity contribution in [1.82, 2.24) is 10.2 Å². The average Bonchev–Trinajstić information content (AvgIpc) is 2.40. The first kappa shape index (κ1) is 18.5. The van der Waals surface area contributed by atoms with Crippen molar-refractivity contribution in [3.8, 4) is 0 Å². The number of rotatable bonds is 2. The zero-order chi connectivity index (χ0) is 14.6. The topological polar surface area (TPSA) is 27.6 Å². The smallest absolute Gasteiger partial charge is 0.193 e. The number of thioether (sulfide) groups is 1. The van der Waals surface area contributed by atoms with Crippen LogP contribution in [0, 0.1) is 5.82 Å². The van der Waals surface area contributed by atoms with Gasteiger partial charge in [-0.2, -0.15) is 11.8 Å². The summed E-state index contributed by atoms with van der Waals surface area (Å²) >= 11 is 1.98. The fourth-order valence-electron chi connectivity index (χ4n) is 2.35. The number of nitrogens with one attached hydrogen (secondary N) is 1. The van der Waals surface area contributed by atoms with Crippen LogP contribution < -0.4 is 5.32 Å². The van der Waals surface area contributed by atoms with Crippen molar-refractivity contribution < 1.29 is 4.39 Å². The maximum absolute atomic E-state index is 13.6. The Morgan fingerprint density at radius 1 is 1.43 bits per heavy atom. The van der Waals surface area contributed by atoms with Gasteiger partial charge in [0.2, 0.25) is 0 Å². The van der Waals surface area contributed by atoms with Gasteiger partial charge in [-0.15, -0.1) is 24.0 Å². The molecule has 1 fully saturated rings. The van der Waals surface area contributed by atoms with Gasteiger partial charge in [0.15, 0.2) is 5.96 Å². The Kier molecular flexibility index (Phi) is 7.26. The number of aliphatic imine (C=N–C) groups is 1. The Morgan fingerprint density at radius 3 is 2.76 bits per heavy atom. The number of hydrogen-bond donors (Lipinski definition) is 1. The SMILES string of the molecule is CN=C(NCc1ccccc1F)N1CCSC(C)(C)C1.I. The highest BCUT2D eigenvalue weighted by atomic mass is 127. The predicted molar refractivity (Wildman–Crippen MR) is 100 cm³/mol. The van der Waals surface area contributed by atoms with Crippen LogP contribution in [-0.4, -0.2) is 41.5 Å². The molecule has 1 aliphatic rings. The summed E-state index contributed by atoms with van der Waals surface area (Å²) in [4.78, 5) is 6.57. The molecule has 0 atom stereocenters. The van der Waals surface area contributed by atoms with Gasteiger partial charge >= 0.3 is 0 Å². The third kappa shape index (κ3) is 5.32. The van der Waals surface area contributed by atoms with E-state index in [1.165, 1.54) is 6.07 Å². The van der Waals surface area contributed by atoms with E-state index in [4.69, 9.17) is 0 Å². The van der Waals surface area contributed by atoms with Crippen molar-refractivity contribution in [3.05, 3.63) is 35.6 Å². The van der Waals surface area contributed by atoms with Crippen LogP contribution in [0.25, 0.3) is 0 Å². The number of nitrogens with zero attached hydrogens (tertiary/aromatic N) is 2. The Morgan fingerprint density at radius 2 is 2.14 bits per heavy atom. The summed E-state index contributed by atoms with van der Waals surface area (Å²) in [5, 5.41) is 3.26. The molecular formula is C15H23FIN3S. The van der Waals surface area contributed by atoms with E-state index in [0.717, 1.165) is 24.8 Å². The van der Waals surface area contributed by atoms with E-state index in [-0.39, 0.29) is 34.5 Å².